The molecule has 0 atom stereocenters. The lowest BCUT2D eigenvalue weighted by molar-refractivity contribution is -0.129. The molecule has 1 amide bonds. The number of carboxylic acids is 1. The SMILES string of the molecule is CN(C)C=O.Cl.O=C(O)/C(=N\O)c1csc(NC(c2ccccc2)(c2ccccc2)c2ccccc2)n1. The summed E-state index contributed by atoms with van der Waals surface area (Å²) in [6, 6.07) is 30.0. The maximum Gasteiger partial charge on any atom is 0.360 e. The number of halogens is 1. The van der Waals surface area contributed by atoms with E-state index in [9.17, 15) is 14.7 Å². The highest BCUT2D eigenvalue weighted by molar-refractivity contribution is 7.14. The molecule has 10 heteroatoms. The molecule has 0 aliphatic rings. The second-order valence-corrected chi connectivity index (χ2v) is 8.69. The number of oxime groups is 1. The molecule has 1 heterocycles. The molecule has 0 aliphatic heterocycles. The van der Waals surface area contributed by atoms with Crippen molar-refractivity contribution in [1.29, 1.82) is 0 Å². The third-order valence-corrected chi connectivity index (χ3v) is 5.93. The van der Waals surface area contributed by atoms with E-state index in [0.29, 0.717) is 5.13 Å². The summed E-state index contributed by atoms with van der Waals surface area (Å²) in [5, 5.41) is 26.8. The summed E-state index contributed by atoms with van der Waals surface area (Å²) in [6.45, 7) is 0. The topological polar surface area (TPSA) is 115 Å². The number of carboxylic acid groups (broad SMARTS) is 1. The molecular formula is C27H27ClN4O4S. The number of amides is 1. The first-order chi connectivity index (χ1) is 17.4. The Bertz CT molecular complexity index is 1200. The molecule has 0 aliphatic carbocycles. The van der Waals surface area contributed by atoms with E-state index in [0.717, 1.165) is 23.1 Å². The predicted molar refractivity (Wildman–Crippen MR) is 148 cm³/mol. The lowest BCUT2D eigenvalue weighted by Crippen LogP contribution is -2.38. The van der Waals surface area contributed by atoms with E-state index >= 15 is 0 Å². The van der Waals surface area contributed by atoms with Crippen molar-refractivity contribution in [3.8, 4) is 0 Å². The van der Waals surface area contributed by atoms with Crippen LogP contribution < -0.4 is 5.32 Å². The van der Waals surface area contributed by atoms with Gasteiger partial charge in [-0.25, -0.2) is 9.78 Å². The number of thiazole rings is 1. The zero-order valence-electron chi connectivity index (χ0n) is 20.2. The van der Waals surface area contributed by atoms with E-state index in [-0.39, 0.29) is 18.1 Å². The minimum atomic E-state index is -1.35. The van der Waals surface area contributed by atoms with Crippen LogP contribution in [0.4, 0.5) is 5.13 Å². The summed E-state index contributed by atoms with van der Waals surface area (Å²) in [5.74, 6) is -1.35. The summed E-state index contributed by atoms with van der Waals surface area (Å²) in [4.78, 5) is 26.6. The molecule has 8 nitrogen and oxygen atoms in total. The fourth-order valence-corrected chi connectivity index (χ4v) is 4.34. The van der Waals surface area contributed by atoms with Crippen molar-refractivity contribution in [3.63, 3.8) is 0 Å². The second-order valence-electron chi connectivity index (χ2n) is 7.83. The highest BCUT2D eigenvalue weighted by atomic mass is 35.5. The monoisotopic (exact) mass is 538 g/mol. The number of nitrogens with one attached hydrogen (secondary N) is 1. The van der Waals surface area contributed by atoms with Gasteiger partial charge in [-0.2, -0.15) is 0 Å². The molecule has 0 saturated carbocycles. The van der Waals surface area contributed by atoms with E-state index in [1.54, 1.807) is 19.5 Å². The minimum absolute atomic E-state index is 0. The number of hydrogen-bond acceptors (Lipinski definition) is 7. The first-order valence-electron chi connectivity index (χ1n) is 10.9. The maximum absolute atomic E-state index is 11.3. The Hall–Kier alpha value is -4.21. The van der Waals surface area contributed by atoms with Crippen molar-refractivity contribution >= 4 is 47.0 Å². The van der Waals surface area contributed by atoms with Crippen LogP contribution in [0.25, 0.3) is 0 Å². The van der Waals surface area contributed by atoms with Crippen LogP contribution in [0.3, 0.4) is 0 Å². The molecule has 0 saturated heterocycles. The number of rotatable bonds is 8. The lowest BCUT2D eigenvalue weighted by Gasteiger charge is -2.36. The molecule has 192 valence electrons. The largest absolute Gasteiger partial charge is 0.476 e. The number of carbonyl (C=O) groups is 2. The third-order valence-electron chi connectivity index (χ3n) is 5.18. The number of nitrogens with zero attached hydrogens (tertiary/aromatic N) is 3. The van der Waals surface area contributed by atoms with Gasteiger partial charge in [0.2, 0.25) is 12.1 Å². The number of anilines is 1. The average Bonchev–Trinajstić information content (AvgIpc) is 3.37. The molecule has 3 N–H and O–H groups in total. The van der Waals surface area contributed by atoms with Crippen molar-refractivity contribution in [2.24, 2.45) is 5.16 Å². The molecular weight excluding hydrogens is 512 g/mol. The molecule has 37 heavy (non-hydrogen) atoms. The van der Waals surface area contributed by atoms with Gasteiger partial charge >= 0.3 is 5.97 Å². The Morgan fingerprint density at radius 1 is 0.919 bits per heavy atom. The highest BCUT2D eigenvalue weighted by Crippen LogP contribution is 2.40. The fraction of sp³-hybridized carbons (Fsp3) is 0.111. The van der Waals surface area contributed by atoms with E-state index in [4.69, 9.17) is 5.21 Å². The van der Waals surface area contributed by atoms with Crippen molar-refractivity contribution in [2.45, 2.75) is 5.54 Å². The van der Waals surface area contributed by atoms with Crippen molar-refractivity contribution in [2.75, 3.05) is 19.4 Å². The average molecular weight is 539 g/mol. The summed E-state index contributed by atoms with van der Waals surface area (Å²) in [6.07, 6.45) is 0.750. The number of hydrogen-bond donors (Lipinski definition) is 3. The fourth-order valence-electron chi connectivity index (χ4n) is 3.58. The highest BCUT2D eigenvalue weighted by Gasteiger charge is 2.37. The Labute approximate surface area is 225 Å². The molecule has 1 aromatic heterocycles. The zero-order valence-corrected chi connectivity index (χ0v) is 21.8. The van der Waals surface area contributed by atoms with Gasteiger partial charge in [-0.3, -0.25) is 4.79 Å². The summed E-state index contributed by atoms with van der Waals surface area (Å²) >= 11 is 1.24. The van der Waals surface area contributed by atoms with Crippen LogP contribution >= 0.6 is 23.7 Å². The standard InChI is InChI=1S/C24H19N3O3S.C3H7NO.ClH/c28-22(29)21(27-30)20-16-31-23(25-20)26-24(17-10-4-1-5-11-17,18-12-6-2-7-13-18)19-14-8-3-9-15-19;1-4(2)3-5;/h1-16,30H,(H,25,26)(H,28,29);3H,1-2H3;1H/b27-21-;;. The quantitative estimate of drug-likeness (QED) is 0.0962. The van der Waals surface area contributed by atoms with Gasteiger partial charge < -0.3 is 20.5 Å². The number of benzene rings is 3. The van der Waals surface area contributed by atoms with Crippen LogP contribution in [-0.4, -0.2) is 52.4 Å². The smallest absolute Gasteiger partial charge is 0.360 e. The number of aromatic nitrogens is 1. The van der Waals surface area contributed by atoms with E-state index in [1.807, 2.05) is 91.0 Å². The molecule has 0 radical (unpaired) electrons. The maximum atomic E-state index is 11.3. The van der Waals surface area contributed by atoms with Crippen molar-refractivity contribution in [3.05, 3.63) is 119 Å². The summed E-state index contributed by atoms with van der Waals surface area (Å²) < 4.78 is 0. The predicted octanol–water partition coefficient (Wildman–Crippen LogP) is 4.94. The molecule has 0 fully saturated rings. The first kappa shape index (κ1) is 29.0. The van der Waals surface area contributed by atoms with Crippen LogP contribution in [0.5, 0.6) is 0 Å². The Kier molecular flexibility index (Phi) is 10.8. The van der Waals surface area contributed by atoms with Crippen LogP contribution in [0.1, 0.15) is 22.4 Å². The molecule has 3 aromatic carbocycles. The van der Waals surface area contributed by atoms with Gasteiger partial charge in [-0.05, 0) is 16.7 Å². The number of carbonyl (C=O) groups excluding carboxylic acids is 1. The second kappa shape index (κ2) is 13.8. The molecule has 0 bridgehead atoms. The van der Waals surface area contributed by atoms with E-state index in [2.05, 4.69) is 15.5 Å². The van der Waals surface area contributed by atoms with Gasteiger partial charge in [0.25, 0.3) is 0 Å². The Morgan fingerprint density at radius 3 is 1.65 bits per heavy atom. The van der Waals surface area contributed by atoms with Gasteiger partial charge in [0.15, 0.2) is 5.13 Å². The van der Waals surface area contributed by atoms with Crippen molar-refractivity contribution < 1.29 is 19.9 Å². The molecule has 0 spiro atoms. The molecule has 4 rings (SSSR count). The van der Waals surface area contributed by atoms with Crippen LogP contribution in [0, 0.1) is 0 Å². The lowest BCUT2D eigenvalue weighted by atomic mass is 9.77. The first-order valence-corrected chi connectivity index (χ1v) is 11.8. The van der Waals surface area contributed by atoms with Gasteiger partial charge in [0.1, 0.15) is 11.2 Å². The summed E-state index contributed by atoms with van der Waals surface area (Å²) in [7, 11) is 3.38. The number of aliphatic carboxylic acids is 1. The van der Waals surface area contributed by atoms with Gasteiger partial charge in [0.05, 0.1) is 0 Å². The molecule has 4 aromatic rings. The van der Waals surface area contributed by atoms with Crippen molar-refractivity contribution in [1.82, 2.24) is 9.88 Å². The van der Waals surface area contributed by atoms with Crippen LogP contribution in [0.15, 0.2) is 102 Å². The van der Waals surface area contributed by atoms with E-state index in [1.165, 1.54) is 16.2 Å². The minimum Gasteiger partial charge on any atom is -0.476 e. The van der Waals surface area contributed by atoms with Gasteiger partial charge in [-0.15, -0.1) is 23.7 Å². The van der Waals surface area contributed by atoms with Crippen LogP contribution in [0.2, 0.25) is 0 Å². The van der Waals surface area contributed by atoms with Gasteiger partial charge in [0, 0.05) is 19.5 Å². The van der Waals surface area contributed by atoms with Gasteiger partial charge in [-0.1, -0.05) is 96.2 Å². The normalized spacial score (nSPS) is 10.8. The molecule has 0 unspecified atom stereocenters. The van der Waals surface area contributed by atoms with Crippen LogP contribution in [-0.2, 0) is 15.1 Å². The Balaban J connectivity index is 0.000000734. The van der Waals surface area contributed by atoms with E-state index < -0.39 is 17.2 Å². The summed E-state index contributed by atoms with van der Waals surface area (Å²) in [5.41, 5.74) is 1.80. The zero-order chi connectivity index (χ0) is 26.0. The Morgan fingerprint density at radius 2 is 1.32 bits per heavy atom. The third kappa shape index (κ3) is 6.93.